The van der Waals surface area contributed by atoms with Crippen LogP contribution in [0.2, 0.25) is 0 Å². The molecule has 0 unspecified atom stereocenters. The fraction of sp³-hybridized carbons (Fsp3) is 0.545. The minimum Gasteiger partial charge on any atom is -0.350 e. The Balaban J connectivity index is 1.49. The first-order valence-electron chi connectivity index (χ1n) is 9.94. The van der Waals surface area contributed by atoms with E-state index in [9.17, 15) is 4.79 Å². The highest BCUT2D eigenvalue weighted by Crippen LogP contribution is 2.27. The molecule has 5 nitrogen and oxygen atoms in total. The van der Waals surface area contributed by atoms with Gasteiger partial charge in [0.15, 0.2) is 0 Å². The van der Waals surface area contributed by atoms with Gasteiger partial charge in [-0.2, -0.15) is 0 Å². The van der Waals surface area contributed by atoms with Gasteiger partial charge in [-0.1, -0.05) is 51.1 Å². The van der Waals surface area contributed by atoms with Crippen molar-refractivity contribution in [3.05, 3.63) is 54.6 Å². The maximum Gasteiger partial charge on any atom is 0.234 e. The zero-order valence-corrected chi connectivity index (χ0v) is 16.8. The zero-order valence-electron chi connectivity index (χ0n) is 16.8. The molecule has 0 radical (unpaired) electrons. The number of benzene rings is 1. The molecule has 1 atom stereocenters. The summed E-state index contributed by atoms with van der Waals surface area (Å²) < 4.78 is 2.03. The van der Waals surface area contributed by atoms with Gasteiger partial charge >= 0.3 is 0 Å². The lowest BCUT2D eigenvalue weighted by Crippen LogP contribution is -2.50. The van der Waals surface area contributed by atoms with Crippen molar-refractivity contribution in [2.45, 2.75) is 52.1 Å². The van der Waals surface area contributed by atoms with Crippen LogP contribution >= 0.6 is 0 Å². The summed E-state index contributed by atoms with van der Waals surface area (Å²) in [6.45, 7) is 9.69. The van der Waals surface area contributed by atoms with Gasteiger partial charge in [0.25, 0.3) is 0 Å². The van der Waals surface area contributed by atoms with E-state index in [1.165, 1.54) is 5.56 Å². The van der Waals surface area contributed by atoms with Gasteiger partial charge in [-0.25, -0.2) is 4.98 Å². The number of amides is 1. The number of hydrogen-bond acceptors (Lipinski definition) is 3. The fourth-order valence-electron chi connectivity index (χ4n) is 3.73. The first-order chi connectivity index (χ1) is 12.9. The second-order valence-corrected chi connectivity index (χ2v) is 8.71. The third-order valence-corrected chi connectivity index (χ3v) is 5.56. The van der Waals surface area contributed by atoms with Gasteiger partial charge in [-0.15, -0.1) is 0 Å². The Labute approximate surface area is 162 Å². The Hall–Kier alpha value is -2.14. The van der Waals surface area contributed by atoms with E-state index in [-0.39, 0.29) is 17.4 Å². The van der Waals surface area contributed by atoms with Gasteiger partial charge in [0.05, 0.1) is 18.9 Å². The van der Waals surface area contributed by atoms with E-state index >= 15 is 0 Å². The summed E-state index contributed by atoms with van der Waals surface area (Å²) in [6.07, 6.45) is 7.76. The largest absolute Gasteiger partial charge is 0.350 e. The summed E-state index contributed by atoms with van der Waals surface area (Å²) in [5.41, 5.74) is 1.41. The molecular weight excluding hydrogens is 336 g/mol. The van der Waals surface area contributed by atoms with E-state index in [0.29, 0.717) is 12.5 Å². The molecule has 1 aromatic heterocycles. The van der Waals surface area contributed by atoms with Crippen LogP contribution in [0.3, 0.4) is 0 Å². The predicted octanol–water partition coefficient (Wildman–Crippen LogP) is 3.29. The standard InChI is InChI=1S/C22H32N4O/c1-22(2,3)20(15-26-14-11-23-17-26)24-21(27)16-25-12-9-19(10-13-25)18-7-5-4-6-8-18/h4-8,11,14,17,19-20H,9-10,12-13,15-16H2,1-3H3,(H,24,27)/t20-/m0/s1. The summed E-state index contributed by atoms with van der Waals surface area (Å²) in [6, 6.07) is 10.8. The molecule has 2 heterocycles. The number of carbonyl (C=O) groups excluding carboxylic acids is 1. The Morgan fingerprint density at radius 2 is 1.93 bits per heavy atom. The maximum absolute atomic E-state index is 12.7. The Morgan fingerprint density at radius 1 is 1.22 bits per heavy atom. The minimum atomic E-state index is -0.0137. The van der Waals surface area contributed by atoms with E-state index < -0.39 is 0 Å². The molecule has 2 aromatic rings. The molecule has 3 rings (SSSR count). The lowest BCUT2D eigenvalue weighted by atomic mass is 9.86. The molecule has 1 saturated heterocycles. The van der Waals surface area contributed by atoms with Crippen LogP contribution in [0.15, 0.2) is 49.1 Å². The number of piperidine rings is 1. The minimum absolute atomic E-state index is 0.0137. The molecule has 0 bridgehead atoms. The van der Waals surface area contributed by atoms with Gasteiger partial charge in [-0.3, -0.25) is 9.69 Å². The summed E-state index contributed by atoms with van der Waals surface area (Å²) in [4.78, 5) is 19.1. The monoisotopic (exact) mass is 368 g/mol. The number of carbonyl (C=O) groups is 1. The predicted molar refractivity (Wildman–Crippen MR) is 108 cm³/mol. The van der Waals surface area contributed by atoms with Gasteiger partial charge in [-0.05, 0) is 42.8 Å². The Morgan fingerprint density at radius 3 is 2.52 bits per heavy atom. The molecule has 1 aliphatic rings. The SMILES string of the molecule is CC(C)(C)[C@H](Cn1ccnc1)NC(=O)CN1CCC(c2ccccc2)CC1. The van der Waals surface area contributed by atoms with Crippen molar-refractivity contribution < 1.29 is 4.79 Å². The van der Waals surface area contributed by atoms with Crippen LogP contribution in [-0.2, 0) is 11.3 Å². The second-order valence-electron chi connectivity index (χ2n) is 8.71. The molecular formula is C22H32N4O. The first kappa shape index (κ1) is 19.6. The highest BCUT2D eigenvalue weighted by Gasteiger charge is 2.28. The number of aromatic nitrogens is 2. The summed E-state index contributed by atoms with van der Waals surface area (Å²) in [7, 11) is 0. The van der Waals surface area contributed by atoms with Crippen molar-refractivity contribution in [2.24, 2.45) is 5.41 Å². The van der Waals surface area contributed by atoms with Gasteiger partial charge in [0, 0.05) is 18.9 Å². The molecule has 0 saturated carbocycles. The third kappa shape index (κ3) is 5.67. The Bertz CT molecular complexity index is 698. The van der Waals surface area contributed by atoms with Crippen molar-refractivity contribution in [1.29, 1.82) is 0 Å². The van der Waals surface area contributed by atoms with Crippen molar-refractivity contribution in [1.82, 2.24) is 19.8 Å². The third-order valence-electron chi connectivity index (χ3n) is 5.56. The van der Waals surface area contributed by atoms with E-state index in [0.717, 1.165) is 32.5 Å². The molecule has 0 aliphatic carbocycles. The van der Waals surface area contributed by atoms with Crippen LogP contribution in [0.5, 0.6) is 0 Å². The number of imidazole rings is 1. The molecule has 146 valence electrons. The highest BCUT2D eigenvalue weighted by molar-refractivity contribution is 5.78. The Kier molecular flexibility index (Phi) is 6.32. The number of nitrogens with zero attached hydrogens (tertiary/aromatic N) is 3. The number of nitrogens with one attached hydrogen (secondary N) is 1. The summed E-state index contributed by atoms with van der Waals surface area (Å²) in [5, 5.41) is 3.26. The normalized spacial score (nSPS) is 17.6. The van der Waals surface area contributed by atoms with E-state index in [1.807, 2.05) is 10.8 Å². The molecule has 1 N–H and O–H groups in total. The summed E-state index contributed by atoms with van der Waals surface area (Å²) >= 11 is 0. The average Bonchev–Trinajstić information content (AvgIpc) is 3.15. The van der Waals surface area contributed by atoms with Crippen LogP contribution in [0.1, 0.15) is 45.1 Å². The smallest absolute Gasteiger partial charge is 0.234 e. The highest BCUT2D eigenvalue weighted by atomic mass is 16.2. The molecule has 1 aliphatic heterocycles. The number of hydrogen-bond donors (Lipinski definition) is 1. The number of likely N-dealkylation sites (tertiary alicyclic amines) is 1. The van der Waals surface area contributed by atoms with Gasteiger partial charge in [0.2, 0.25) is 5.91 Å². The van der Waals surface area contributed by atoms with Crippen LogP contribution in [0.4, 0.5) is 0 Å². The molecule has 1 fully saturated rings. The lowest BCUT2D eigenvalue weighted by molar-refractivity contribution is -0.124. The van der Waals surface area contributed by atoms with Crippen LogP contribution in [0.25, 0.3) is 0 Å². The number of rotatable bonds is 6. The molecule has 1 aromatic carbocycles. The summed E-state index contributed by atoms with van der Waals surface area (Å²) in [5.74, 6) is 0.738. The quantitative estimate of drug-likeness (QED) is 0.851. The lowest BCUT2D eigenvalue weighted by Gasteiger charge is -2.34. The maximum atomic E-state index is 12.7. The average molecular weight is 369 g/mol. The van der Waals surface area contributed by atoms with Gasteiger partial charge < -0.3 is 9.88 Å². The van der Waals surface area contributed by atoms with Crippen LogP contribution < -0.4 is 5.32 Å². The topological polar surface area (TPSA) is 50.2 Å². The van der Waals surface area contributed by atoms with Crippen molar-refractivity contribution in [2.75, 3.05) is 19.6 Å². The van der Waals surface area contributed by atoms with E-state index in [1.54, 1.807) is 12.5 Å². The van der Waals surface area contributed by atoms with Crippen molar-refractivity contribution in [3.63, 3.8) is 0 Å². The van der Waals surface area contributed by atoms with Crippen molar-refractivity contribution in [3.8, 4) is 0 Å². The fourth-order valence-corrected chi connectivity index (χ4v) is 3.73. The van der Waals surface area contributed by atoms with Crippen molar-refractivity contribution >= 4 is 5.91 Å². The van der Waals surface area contributed by atoms with Crippen LogP contribution in [0, 0.1) is 5.41 Å². The van der Waals surface area contributed by atoms with Gasteiger partial charge in [0.1, 0.15) is 0 Å². The molecule has 27 heavy (non-hydrogen) atoms. The molecule has 1 amide bonds. The van der Waals surface area contributed by atoms with Crippen LogP contribution in [-0.4, -0.2) is 46.0 Å². The zero-order chi connectivity index (χ0) is 19.3. The second kappa shape index (κ2) is 8.70. The first-order valence-corrected chi connectivity index (χ1v) is 9.94. The van der Waals surface area contributed by atoms with E-state index in [2.05, 4.69) is 66.3 Å². The molecule has 5 heteroatoms. The molecule has 0 spiro atoms. The van der Waals surface area contributed by atoms with E-state index in [4.69, 9.17) is 0 Å².